The van der Waals surface area contributed by atoms with Gasteiger partial charge >= 0.3 is 5.97 Å². The van der Waals surface area contributed by atoms with Crippen molar-refractivity contribution in [1.82, 2.24) is 0 Å². The third kappa shape index (κ3) is 2.96. The molecule has 1 aromatic rings. The molecule has 1 saturated carbocycles. The molecule has 1 aromatic carbocycles. The molecule has 2 nitrogen and oxygen atoms in total. The van der Waals surface area contributed by atoms with E-state index in [0.29, 0.717) is 17.9 Å². The zero-order valence-corrected chi connectivity index (χ0v) is 11.5. The molecule has 0 amide bonds. The third-order valence-corrected chi connectivity index (χ3v) is 4.48. The van der Waals surface area contributed by atoms with Gasteiger partial charge in [0.2, 0.25) is 0 Å². The second-order valence-corrected chi connectivity index (χ2v) is 5.65. The summed E-state index contributed by atoms with van der Waals surface area (Å²) in [6.45, 7) is 3.86. The van der Waals surface area contributed by atoms with E-state index in [1.54, 1.807) is 13.0 Å². The molecule has 0 spiro atoms. The number of aliphatic carboxylic acids is 1. The highest BCUT2D eigenvalue weighted by atomic mass is 19.1. The summed E-state index contributed by atoms with van der Waals surface area (Å²) in [4.78, 5) is 11.4. The van der Waals surface area contributed by atoms with E-state index in [1.165, 1.54) is 6.07 Å². The van der Waals surface area contributed by atoms with E-state index in [9.17, 15) is 14.3 Å². The summed E-state index contributed by atoms with van der Waals surface area (Å²) in [5.41, 5.74) is 1.45. The predicted octanol–water partition coefficient (Wildman–Crippen LogP) is 4.13. The fourth-order valence-corrected chi connectivity index (χ4v) is 3.13. The lowest BCUT2D eigenvalue weighted by Crippen LogP contribution is -2.29. The van der Waals surface area contributed by atoms with Crippen molar-refractivity contribution in [2.24, 2.45) is 11.8 Å². The SMILES string of the molecule is CCC1CCC(C(=O)O)C(c2ccc(C)c(F)c2)C1. The zero-order chi connectivity index (χ0) is 14.0. The van der Waals surface area contributed by atoms with Crippen LogP contribution in [0.2, 0.25) is 0 Å². The number of rotatable bonds is 3. The van der Waals surface area contributed by atoms with Crippen molar-refractivity contribution in [3.8, 4) is 0 Å². The molecule has 0 radical (unpaired) electrons. The molecular formula is C16H21FO2. The minimum absolute atomic E-state index is 0.0497. The quantitative estimate of drug-likeness (QED) is 0.891. The van der Waals surface area contributed by atoms with Crippen molar-refractivity contribution in [3.63, 3.8) is 0 Å². The van der Waals surface area contributed by atoms with Crippen LogP contribution in [0.3, 0.4) is 0 Å². The maximum atomic E-state index is 13.7. The molecule has 19 heavy (non-hydrogen) atoms. The molecule has 3 atom stereocenters. The van der Waals surface area contributed by atoms with E-state index in [4.69, 9.17) is 0 Å². The summed E-state index contributed by atoms with van der Waals surface area (Å²) in [7, 11) is 0. The number of hydrogen-bond donors (Lipinski definition) is 1. The van der Waals surface area contributed by atoms with Gasteiger partial charge < -0.3 is 5.11 Å². The van der Waals surface area contributed by atoms with Crippen molar-refractivity contribution in [2.75, 3.05) is 0 Å². The molecule has 2 rings (SSSR count). The summed E-state index contributed by atoms with van der Waals surface area (Å²) in [5, 5.41) is 9.36. The molecule has 0 heterocycles. The summed E-state index contributed by atoms with van der Waals surface area (Å²) >= 11 is 0. The first-order valence-electron chi connectivity index (χ1n) is 7.01. The van der Waals surface area contributed by atoms with Gasteiger partial charge in [-0.1, -0.05) is 25.5 Å². The van der Waals surface area contributed by atoms with Gasteiger partial charge in [-0.2, -0.15) is 0 Å². The van der Waals surface area contributed by atoms with Crippen LogP contribution in [0.5, 0.6) is 0 Å². The highest BCUT2D eigenvalue weighted by molar-refractivity contribution is 5.71. The Bertz CT molecular complexity index is 470. The van der Waals surface area contributed by atoms with Crippen LogP contribution in [0.15, 0.2) is 18.2 Å². The van der Waals surface area contributed by atoms with Crippen LogP contribution in [0, 0.1) is 24.6 Å². The fraction of sp³-hybridized carbons (Fsp3) is 0.562. The van der Waals surface area contributed by atoms with Crippen molar-refractivity contribution in [3.05, 3.63) is 35.1 Å². The molecule has 1 aliphatic carbocycles. The number of carboxylic acid groups (broad SMARTS) is 1. The Morgan fingerprint density at radius 3 is 2.74 bits per heavy atom. The van der Waals surface area contributed by atoms with E-state index in [1.807, 2.05) is 6.07 Å². The fourth-order valence-electron chi connectivity index (χ4n) is 3.13. The second-order valence-electron chi connectivity index (χ2n) is 5.65. The Labute approximate surface area is 113 Å². The average molecular weight is 264 g/mol. The Kier molecular flexibility index (Phi) is 4.23. The zero-order valence-electron chi connectivity index (χ0n) is 11.5. The Morgan fingerprint density at radius 2 is 2.16 bits per heavy atom. The minimum atomic E-state index is -0.750. The van der Waals surface area contributed by atoms with Crippen LogP contribution in [0.1, 0.15) is 49.7 Å². The first-order valence-corrected chi connectivity index (χ1v) is 7.01. The molecule has 0 saturated heterocycles. The molecule has 0 aromatic heterocycles. The first kappa shape index (κ1) is 14.0. The molecule has 3 unspecified atom stereocenters. The number of hydrogen-bond acceptors (Lipinski definition) is 1. The van der Waals surface area contributed by atoms with Crippen LogP contribution in [-0.2, 0) is 4.79 Å². The van der Waals surface area contributed by atoms with Crippen LogP contribution in [-0.4, -0.2) is 11.1 Å². The van der Waals surface area contributed by atoms with Gasteiger partial charge in [-0.3, -0.25) is 4.79 Å². The van der Waals surface area contributed by atoms with Crippen molar-refractivity contribution in [1.29, 1.82) is 0 Å². The van der Waals surface area contributed by atoms with Crippen LogP contribution < -0.4 is 0 Å². The lowest BCUT2D eigenvalue weighted by Gasteiger charge is -2.34. The van der Waals surface area contributed by atoms with Gasteiger partial charge in [0.15, 0.2) is 0 Å². The maximum Gasteiger partial charge on any atom is 0.307 e. The topological polar surface area (TPSA) is 37.3 Å². The van der Waals surface area contributed by atoms with Gasteiger partial charge in [-0.05, 0) is 55.2 Å². The van der Waals surface area contributed by atoms with Gasteiger partial charge in [-0.25, -0.2) is 4.39 Å². The highest BCUT2D eigenvalue weighted by Crippen LogP contribution is 2.42. The summed E-state index contributed by atoms with van der Waals surface area (Å²) in [6, 6.07) is 5.16. The maximum absolute atomic E-state index is 13.7. The smallest absolute Gasteiger partial charge is 0.307 e. The predicted molar refractivity (Wildman–Crippen MR) is 72.6 cm³/mol. The van der Waals surface area contributed by atoms with E-state index < -0.39 is 5.97 Å². The van der Waals surface area contributed by atoms with Gasteiger partial charge in [0, 0.05) is 0 Å². The minimum Gasteiger partial charge on any atom is -0.481 e. The van der Waals surface area contributed by atoms with Crippen molar-refractivity contribution >= 4 is 5.97 Å². The van der Waals surface area contributed by atoms with Crippen LogP contribution in [0.4, 0.5) is 4.39 Å². The number of benzene rings is 1. The van der Waals surface area contributed by atoms with Crippen molar-refractivity contribution in [2.45, 2.75) is 45.4 Å². The monoisotopic (exact) mass is 264 g/mol. The van der Waals surface area contributed by atoms with Crippen LogP contribution >= 0.6 is 0 Å². The molecular weight excluding hydrogens is 243 g/mol. The average Bonchev–Trinajstić information content (AvgIpc) is 2.41. The molecule has 104 valence electrons. The Balaban J connectivity index is 2.30. The molecule has 3 heteroatoms. The highest BCUT2D eigenvalue weighted by Gasteiger charge is 2.35. The largest absolute Gasteiger partial charge is 0.481 e. The molecule has 0 aliphatic heterocycles. The van der Waals surface area contributed by atoms with E-state index >= 15 is 0 Å². The van der Waals surface area contributed by atoms with Gasteiger partial charge in [0.25, 0.3) is 0 Å². The molecule has 1 fully saturated rings. The number of carboxylic acids is 1. The summed E-state index contributed by atoms with van der Waals surface area (Å²) in [5.74, 6) is -0.845. The lowest BCUT2D eigenvalue weighted by molar-refractivity contribution is -0.143. The molecule has 1 N–H and O–H groups in total. The lowest BCUT2D eigenvalue weighted by atomic mass is 9.70. The van der Waals surface area contributed by atoms with E-state index in [2.05, 4.69) is 6.92 Å². The Morgan fingerprint density at radius 1 is 1.42 bits per heavy atom. The number of halogens is 1. The van der Waals surface area contributed by atoms with Crippen molar-refractivity contribution < 1.29 is 14.3 Å². The Hall–Kier alpha value is -1.38. The number of aryl methyl sites for hydroxylation is 1. The molecule has 1 aliphatic rings. The third-order valence-electron chi connectivity index (χ3n) is 4.48. The van der Waals surface area contributed by atoms with E-state index in [0.717, 1.165) is 24.8 Å². The second kappa shape index (κ2) is 5.72. The van der Waals surface area contributed by atoms with Gasteiger partial charge in [0.1, 0.15) is 5.82 Å². The van der Waals surface area contributed by atoms with E-state index in [-0.39, 0.29) is 17.7 Å². The molecule has 0 bridgehead atoms. The van der Waals surface area contributed by atoms with Crippen LogP contribution in [0.25, 0.3) is 0 Å². The standard InChI is InChI=1S/C16H21FO2/c1-3-11-5-7-13(16(18)19)14(8-11)12-6-4-10(2)15(17)9-12/h4,6,9,11,13-14H,3,5,7-8H2,1-2H3,(H,18,19). The summed E-state index contributed by atoms with van der Waals surface area (Å²) in [6.07, 6.45) is 3.60. The van der Waals surface area contributed by atoms with Gasteiger partial charge in [0.05, 0.1) is 5.92 Å². The summed E-state index contributed by atoms with van der Waals surface area (Å²) < 4.78 is 13.7. The first-order chi connectivity index (χ1) is 9.02. The number of carbonyl (C=O) groups is 1. The van der Waals surface area contributed by atoms with Gasteiger partial charge in [-0.15, -0.1) is 0 Å². The normalized spacial score (nSPS) is 27.2.